The van der Waals surface area contributed by atoms with Crippen molar-refractivity contribution in [1.82, 2.24) is 9.13 Å². The summed E-state index contributed by atoms with van der Waals surface area (Å²) in [6, 6.07) is 22.1. The highest BCUT2D eigenvalue weighted by molar-refractivity contribution is 6.03. The van der Waals surface area contributed by atoms with Crippen molar-refractivity contribution in [3.05, 3.63) is 110 Å². The van der Waals surface area contributed by atoms with Gasteiger partial charge in [-0.05, 0) is 48.7 Å². The summed E-state index contributed by atoms with van der Waals surface area (Å²) in [5.41, 5.74) is 3.18. The summed E-state index contributed by atoms with van der Waals surface area (Å²) in [5, 5.41) is 3.51. The standard InChI is InChI=1S/C27H23N3O4/c1-17-12-13-18(2)21(14-17)28-23(31)16-29-24-20-10-6-7-11-22(20)34-25(24)26(32)30(27(29)33)15-19-8-4-3-5-9-19/h3-14H,15-16H2,1-2H3,(H,28,31). The van der Waals surface area contributed by atoms with Crippen LogP contribution >= 0.6 is 0 Å². The molecular formula is C27H23N3O4. The molecule has 0 aliphatic carbocycles. The Hall–Kier alpha value is -4.39. The zero-order valence-electron chi connectivity index (χ0n) is 18.9. The number of aryl methyl sites for hydroxylation is 2. The van der Waals surface area contributed by atoms with Crippen molar-refractivity contribution in [2.24, 2.45) is 0 Å². The third-order valence-electron chi connectivity index (χ3n) is 5.89. The minimum absolute atomic E-state index is 0.0521. The van der Waals surface area contributed by atoms with Crippen molar-refractivity contribution in [2.45, 2.75) is 26.9 Å². The van der Waals surface area contributed by atoms with Gasteiger partial charge in [-0.15, -0.1) is 0 Å². The van der Waals surface area contributed by atoms with E-state index < -0.39 is 11.2 Å². The van der Waals surface area contributed by atoms with Crippen molar-refractivity contribution in [1.29, 1.82) is 0 Å². The highest BCUT2D eigenvalue weighted by Crippen LogP contribution is 2.26. The molecule has 1 N–H and O–H groups in total. The summed E-state index contributed by atoms with van der Waals surface area (Å²) in [4.78, 5) is 39.9. The Balaban J connectivity index is 1.66. The van der Waals surface area contributed by atoms with Gasteiger partial charge in [0.15, 0.2) is 0 Å². The average Bonchev–Trinajstić information content (AvgIpc) is 3.22. The highest BCUT2D eigenvalue weighted by atomic mass is 16.3. The second kappa shape index (κ2) is 8.51. The molecule has 1 amide bonds. The lowest BCUT2D eigenvalue weighted by Gasteiger charge is -2.13. The molecule has 0 aliphatic rings. The van der Waals surface area contributed by atoms with Gasteiger partial charge in [-0.2, -0.15) is 0 Å². The first kappa shape index (κ1) is 21.5. The number of benzene rings is 3. The van der Waals surface area contributed by atoms with Crippen molar-refractivity contribution in [3.63, 3.8) is 0 Å². The predicted octanol–water partition coefficient (Wildman–Crippen LogP) is 4.21. The van der Waals surface area contributed by atoms with E-state index in [4.69, 9.17) is 4.42 Å². The molecule has 2 aromatic heterocycles. The highest BCUT2D eigenvalue weighted by Gasteiger charge is 2.21. The fraction of sp³-hybridized carbons (Fsp3) is 0.148. The van der Waals surface area contributed by atoms with E-state index >= 15 is 0 Å². The molecule has 0 radical (unpaired) electrons. The lowest BCUT2D eigenvalue weighted by atomic mass is 10.1. The molecule has 7 heteroatoms. The van der Waals surface area contributed by atoms with Crippen LogP contribution in [0.4, 0.5) is 5.69 Å². The Bertz CT molecular complexity index is 1660. The number of para-hydroxylation sites is 1. The molecule has 0 aliphatic heterocycles. The van der Waals surface area contributed by atoms with E-state index in [9.17, 15) is 14.4 Å². The monoisotopic (exact) mass is 453 g/mol. The van der Waals surface area contributed by atoms with E-state index in [-0.39, 0.29) is 24.6 Å². The second-order valence-corrected chi connectivity index (χ2v) is 8.39. The van der Waals surface area contributed by atoms with E-state index in [1.165, 1.54) is 4.57 Å². The Kier molecular flexibility index (Phi) is 5.37. The summed E-state index contributed by atoms with van der Waals surface area (Å²) in [6.07, 6.45) is 0. The minimum atomic E-state index is -0.566. The van der Waals surface area contributed by atoms with E-state index in [1.54, 1.807) is 24.3 Å². The number of hydrogen-bond acceptors (Lipinski definition) is 4. The largest absolute Gasteiger partial charge is 0.449 e. The molecule has 0 saturated heterocycles. The first-order chi connectivity index (χ1) is 16.4. The number of carbonyl (C=O) groups is 1. The molecule has 5 aromatic rings. The Morgan fingerprint density at radius 2 is 1.65 bits per heavy atom. The van der Waals surface area contributed by atoms with Crippen LogP contribution in [0.15, 0.2) is 86.8 Å². The van der Waals surface area contributed by atoms with E-state index in [0.29, 0.717) is 22.2 Å². The number of fused-ring (bicyclic) bond motifs is 3. The molecule has 0 fully saturated rings. The minimum Gasteiger partial charge on any atom is -0.449 e. The van der Waals surface area contributed by atoms with Gasteiger partial charge in [0.2, 0.25) is 11.5 Å². The van der Waals surface area contributed by atoms with Gasteiger partial charge in [0.25, 0.3) is 5.56 Å². The summed E-state index contributed by atoms with van der Waals surface area (Å²) >= 11 is 0. The lowest BCUT2D eigenvalue weighted by Crippen LogP contribution is -2.41. The summed E-state index contributed by atoms with van der Waals surface area (Å²) in [7, 11) is 0. The third-order valence-corrected chi connectivity index (χ3v) is 5.89. The summed E-state index contributed by atoms with van der Waals surface area (Å²) < 4.78 is 8.31. The number of anilines is 1. The Labute approximate surface area is 194 Å². The van der Waals surface area contributed by atoms with Crippen LogP contribution in [0.3, 0.4) is 0 Å². The number of carbonyl (C=O) groups excluding carboxylic acids is 1. The molecule has 0 spiro atoms. The van der Waals surface area contributed by atoms with Gasteiger partial charge in [-0.3, -0.25) is 18.7 Å². The molecule has 34 heavy (non-hydrogen) atoms. The lowest BCUT2D eigenvalue weighted by molar-refractivity contribution is -0.116. The van der Waals surface area contributed by atoms with Crippen LogP contribution in [-0.4, -0.2) is 15.0 Å². The van der Waals surface area contributed by atoms with Crippen LogP contribution in [-0.2, 0) is 17.9 Å². The Morgan fingerprint density at radius 1 is 0.912 bits per heavy atom. The van der Waals surface area contributed by atoms with Crippen molar-refractivity contribution < 1.29 is 9.21 Å². The van der Waals surface area contributed by atoms with Crippen LogP contribution < -0.4 is 16.6 Å². The predicted molar refractivity (Wildman–Crippen MR) is 132 cm³/mol. The van der Waals surface area contributed by atoms with E-state index in [1.807, 2.05) is 62.4 Å². The van der Waals surface area contributed by atoms with Crippen molar-refractivity contribution in [3.8, 4) is 0 Å². The quantitative estimate of drug-likeness (QED) is 0.432. The topological polar surface area (TPSA) is 86.2 Å². The van der Waals surface area contributed by atoms with Gasteiger partial charge >= 0.3 is 5.69 Å². The van der Waals surface area contributed by atoms with Gasteiger partial charge in [0.05, 0.1) is 6.54 Å². The molecule has 3 aromatic carbocycles. The van der Waals surface area contributed by atoms with Gasteiger partial charge in [0, 0.05) is 11.1 Å². The summed E-state index contributed by atoms with van der Waals surface area (Å²) in [5.74, 6) is -0.368. The van der Waals surface area contributed by atoms with Gasteiger partial charge < -0.3 is 9.73 Å². The van der Waals surface area contributed by atoms with Crippen LogP contribution in [0.2, 0.25) is 0 Å². The number of nitrogens with one attached hydrogen (secondary N) is 1. The maximum atomic E-state index is 13.6. The van der Waals surface area contributed by atoms with Crippen LogP contribution in [0.5, 0.6) is 0 Å². The van der Waals surface area contributed by atoms with Crippen LogP contribution in [0.25, 0.3) is 22.1 Å². The van der Waals surface area contributed by atoms with Gasteiger partial charge in [-0.25, -0.2) is 4.79 Å². The molecule has 2 heterocycles. The maximum absolute atomic E-state index is 13.6. The molecule has 5 rings (SSSR count). The molecule has 0 unspecified atom stereocenters. The fourth-order valence-corrected chi connectivity index (χ4v) is 4.15. The zero-order chi connectivity index (χ0) is 23.8. The van der Waals surface area contributed by atoms with E-state index in [2.05, 4.69) is 5.32 Å². The fourth-order valence-electron chi connectivity index (χ4n) is 4.15. The number of rotatable bonds is 5. The molecule has 0 atom stereocenters. The molecule has 0 saturated carbocycles. The van der Waals surface area contributed by atoms with E-state index in [0.717, 1.165) is 21.3 Å². The zero-order valence-corrected chi connectivity index (χ0v) is 18.9. The maximum Gasteiger partial charge on any atom is 0.332 e. The van der Waals surface area contributed by atoms with Crippen molar-refractivity contribution in [2.75, 3.05) is 5.32 Å². The van der Waals surface area contributed by atoms with Crippen molar-refractivity contribution >= 4 is 33.7 Å². The van der Waals surface area contributed by atoms with Crippen LogP contribution in [0.1, 0.15) is 16.7 Å². The first-order valence-electron chi connectivity index (χ1n) is 11.0. The van der Waals surface area contributed by atoms with Gasteiger partial charge in [-0.1, -0.05) is 54.6 Å². The number of nitrogens with zero attached hydrogens (tertiary/aromatic N) is 2. The number of hydrogen-bond donors (Lipinski definition) is 1. The number of furan rings is 1. The SMILES string of the molecule is Cc1ccc(C)c(NC(=O)Cn2c(=O)n(Cc3ccccc3)c(=O)c3oc4ccccc4c32)c1. The summed E-state index contributed by atoms with van der Waals surface area (Å²) in [6.45, 7) is 3.66. The average molecular weight is 453 g/mol. The Morgan fingerprint density at radius 3 is 2.44 bits per heavy atom. The smallest absolute Gasteiger partial charge is 0.332 e. The number of amides is 1. The molecule has 170 valence electrons. The molecular weight excluding hydrogens is 430 g/mol. The second-order valence-electron chi connectivity index (χ2n) is 8.39. The molecule has 7 nitrogen and oxygen atoms in total. The molecule has 0 bridgehead atoms. The van der Waals surface area contributed by atoms with Gasteiger partial charge in [0.1, 0.15) is 17.6 Å². The first-order valence-corrected chi connectivity index (χ1v) is 11.0. The van der Waals surface area contributed by atoms with Crippen LogP contribution in [0, 0.1) is 13.8 Å². The normalized spacial score (nSPS) is 11.2. The number of aromatic nitrogens is 2. The third kappa shape index (κ3) is 3.81.